The highest BCUT2D eigenvalue weighted by molar-refractivity contribution is 5.98. The molecule has 2 heterocycles. The number of hydrogen-bond donors (Lipinski definition) is 1. The average Bonchev–Trinajstić information content (AvgIpc) is 3.25. The number of amides is 3. The molecule has 1 N–H and O–H groups in total. The first-order chi connectivity index (χ1) is 17.6. The third-order valence-electron chi connectivity index (χ3n) is 7.01. The summed E-state index contributed by atoms with van der Waals surface area (Å²) in [5, 5.41) is 2.97. The molecule has 0 saturated carbocycles. The van der Waals surface area contributed by atoms with Gasteiger partial charge in [0, 0.05) is 44.5 Å². The highest BCUT2D eigenvalue weighted by atomic mass is 16.5. The van der Waals surface area contributed by atoms with Crippen LogP contribution in [0.2, 0.25) is 0 Å². The van der Waals surface area contributed by atoms with Gasteiger partial charge in [0.05, 0.1) is 13.7 Å². The quantitative estimate of drug-likeness (QED) is 0.646. The highest BCUT2D eigenvalue weighted by Crippen LogP contribution is 2.39. The second kappa shape index (κ2) is 10.9. The minimum atomic E-state index is -0.940. The van der Waals surface area contributed by atoms with E-state index in [9.17, 15) is 14.4 Å². The summed E-state index contributed by atoms with van der Waals surface area (Å²) in [5.41, 5.74) is 0.388. The Hall–Kier alpha value is -3.39. The number of nitrogens with one attached hydrogen (secondary N) is 1. The van der Waals surface area contributed by atoms with Crippen molar-refractivity contribution in [2.45, 2.75) is 58.3 Å². The van der Waals surface area contributed by atoms with Crippen LogP contribution in [-0.4, -0.2) is 66.1 Å². The van der Waals surface area contributed by atoms with E-state index in [1.54, 1.807) is 36.3 Å². The fraction of sp³-hybridized carbons (Fsp3) is 0.483. The molecule has 0 bridgehead atoms. The lowest BCUT2D eigenvalue weighted by molar-refractivity contribution is -0.145. The largest absolute Gasteiger partial charge is 0.497 e. The summed E-state index contributed by atoms with van der Waals surface area (Å²) in [6.07, 6.45) is 1.36. The Morgan fingerprint density at radius 3 is 2.27 bits per heavy atom. The van der Waals surface area contributed by atoms with Gasteiger partial charge in [0.2, 0.25) is 11.8 Å². The Morgan fingerprint density at radius 1 is 1.03 bits per heavy atom. The van der Waals surface area contributed by atoms with Gasteiger partial charge in [0.25, 0.3) is 5.91 Å². The van der Waals surface area contributed by atoms with E-state index < -0.39 is 11.8 Å². The van der Waals surface area contributed by atoms with Gasteiger partial charge in [0.15, 0.2) is 0 Å². The predicted octanol–water partition coefficient (Wildman–Crippen LogP) is 3.61. The van der Waals surface area contributed by atoms with Crippen molar-refractivity contribution in [1.82, 2.24) is 15.1 Å². The number of ether oxygens (including phenoxy) is 2. The summed E-state index contributed by atoms with van der Waals surface area (Å²) in [4.78, 5) is 43.5. The molecule has 8 heteroatoms. The fourth-order valence-electron chi connectivity index (χ4n) is 5.01. The molecule has 2 aliphatic rings. The Morgan fingerprint density at radius 2 is 1.68 bits per heavy atom. The highest BCUT2D eigenvalue weighted by Gasteiger charge is 2.54. The van der Waals surface area contributed by atoms with Crippen LogP contribution in [-0.2, 0) is 20.9 Å². The minimum Gasteiger partial charge on any atom is -0.497 e. The third kappa shape index (κ3) is 6.13. The summed E-state index contributed by atoms with van der Waals surface area (Å²) in [6, 6.07) is 15.7. The Kier molecular flexibility index (Phi) is 7.87. The monoisotopic (exact) mass is 507 g/mol. The minimum absolute atomic E-state index is 0.102. The zero-order chi connectivity index (χ0) is 26.6. The van der Waals surface area contributed by atoms with E-state index in [-0.39, 0.29) is 29.7 Å². The van der Waals surface area contributed by atoms with Crippen molar-refractivity contribution in [1.29, 1.82) is 0 Å². The lowest BCUT2D eigenvalue weighted by Gasteiger charge is -2.44. The van der Waals surface area contributed by atoms with Crippen LogP contribution in [0.15, 0.2) is 54.6 Å². The Bertz CT molecular complexity index is 1100. The molecule has 2 saturated heterocycles. The molecular weight excluding hydrogens is 470 g/mol. The molecule has 1 atom stereocenters. The van der Waals surface area contributed by atoms with Gasteiger partial charge in [0.1, 0.15) is 17.5 Å². The van der Waals surface area contributed by atoms with Crippen LogP contribution in [0.4, 0.5) is 0 Å². The smallest absolute Gasteiger partial charge is 0.256 e. The lowest BCUT2D eigenvalue weighted by atomic mass is 9.90. The number of nitrogens with zero attached hydrogens (tertiary/aromatic N) is 2. The maximum Gasteiger partial charge on any atom is 0.256 e. The van der Waals surface area contributed by atoms with Gasteiger partial charge in [-0.1, -0.05) is 51.1 Å². The summed E-state index contributed by atoms with van der Waals surface area (Å²) in [5.74, 6) is 0.223. The normalized spacial score (nSPS) is 19.1. The first kappa shape index (κ1) is 26.7. The number of methoxy groups -OCH3 is 1. The molecule has 37 heavy (non-hydrogen) atoms. The first-order valence-corrected chi connectivity index (χ1v) is 12.8. The zero-order valence-electron chi connectivity index (χ0n) is 22.2. The van der Waals surface area contributed by atoms with Crippen LogP contribution in [0.3, 0.4) is 0 Å². The lowest BCUT2D eigenvalue weighted by Crippen LogP contribution is -2.59. The number of piperidine rings is 1. The van der Waals surface area contributed by atoms with Gasteiger partial charge < -0.3 is 19.7 Å². The van der Waals surface area contributed by atoms with Crippen molar-refractivity contribution in [2.75, 3.05) is 26.8 Å². The van der Waals surface area contributed by atoms with Gasteiger partial charge in [-0.25, -0.2) is 0 Å². The molecule has 0 aliphatic carbocycles. The summed E-state index contributed by atoms with van der Waals surface area (Å²) in [6.45, 7) is 7.56. The molecule has 8 nitrogen and oxygen atoms in total. The van der Waals surface area contributed by atoms with Gasteiger partial charge in [-0.3, -0.25) is 19.3 Å². The van der Waals surface area contributed by atoms with E-state index in [0.717, 1.165) is 5.56 Å². The van der Waals surface area contributed by atoms with Gasteiger partial charge >= 0.3 is 0 Å². The Balaban J connectivity index is 1.54. The second-order valence-electron chi connectivity index (χ2n) is 11.0. The van der Waals surface area contributed by atoms with Gasteiger partial charge in [-0.15, -0.1) is 0 Å². The number of carbonyl (C=O) groups excluding carboxylic acids is 3. The molecule has 2 aromatic carbocycles. The van der Waals surface area contributed by atoms with Crippen molar-refractivity contribution < 1.29 is 23.9 Å². The first-order valence-electron chi connectivity index (χ1n) is 12.8. The molecule has 4 rings (SSSR count). The number of carbonyl (C=O) groups is 3. The van der Waals surface area contributed by atoms with Crippen molar-refractivity contribution in [3.8, 4) is 5.75 Å². The van der Waals surface area contributed by atoms with Crippen LogP contribution in [0.1, 0.15) is 56.0 Å². The average molecular weight is 508 g/mol. The van der Waals surface area contributed by atoms with E-state index in [1.165, 1.54) is 0 Å². The SMILES string of the molecule is COc1ccc(C(=O)N2C(C(=O)NCc3ccccc3)COC23CCN(C(=O)CC(C)(C)C)CC3)cc1. The molecular formula is C29H37N3O5. The molecule has 198 valence electrons. The van der Waals surface area contributed by atoms with Crippen molar-refractivity contribution in [3.63, 3.8) is 0 Å². The maximum atomic E-state index is 13.9. The van der Waals surface area contributed by atoms with E-state index in [4.69, 9.17) is 9.47 Å². The molecule has 0 radical (unpaired) electrons. The van der Waals surface area contributed by atoms with E-state index >= 15 is 0 Å². The summed E-state index contributed by atoms with van der Waals surface area (Å²) >= 11 is 0. The van der Waals surface area contributed by atoms with Crippen molar-refractivity contribution in [2.24, 2.45) is 5.41 Å². The molecule has 2 aliphatic heterocycles. The Labute approximate surface area is 218 Å². The standard InChI is InChI=1S/C29H37N3O5/c1-28(2,3)18-25(33)31-16-14-29(15-17-31)32(27(35)22-10-12-23(36-4)13-11-22)24(20-37-29)26(34)30-19-21-8-6-5-7-9-21/h5-13,24H,14-20H2,1-4H3,(H,30,34). The zero-order valence-corrected chi connectivity index (χ0v) is 22.2. The number of benzene rings is 2. The van der Waals surface area contributed by atoms with Crippen LogP contribution in [0.5, 0.6) is 5.75 Å². The topological polar surface area (TPSA) is 88.2 Å². The van der Waals surface area contributed by atoms with E-state index in [0.29, 0.717) is 50.2 Å². The number of likely N-dealkylation sites (tertiary alicyclic amines) is 1. The third-order valence-corrected chi connectivity index (χ3v) is 7.01. The fourth-order valence-corrected chi connectivity index (χ4v) is 5.01. The van der Waals surface area contributed by atoms with Crippen molar-refractivity contribution in [3.05, 3.63) is 65.7 Å². The van der Waals surface area contributed by atoms with Gasteiger partial charge in [-0.05, 0) is 35.2 Å². The molecule has 1 unspecified atom stereocenters. The summed E-state index contributed by atoms with van der Waals surface area (Å²) in [7, 11) is 1.57. The maximum absolute atomic E-state index is 13.9. The second-order valence-corrected chi connectivity index (χ2v) is 11.0. The number of hydrogen-bond acceptors (Lipinski definition) is 5. The van der Waals surface area contributed by atoms with Crippen LogP contribution >= 0.6 is 0 Å². The number of rotatable bonds is 6. The molecule has 0 aromatic heterocycles. The van der Waals surface area contributed by atoms with Crippen LogP contribution in [0.25, 0.3) is 0 Å². The van der Waals surface area contributed by atoms with Gasteiger partial charge in [-0.2, -0.15) is 0 Å². The van der Waals surface area contributed by atoms with E-state index in [1.807, 2.05) is 56.0 Å². The van der Waals surface area contributed by atoms with E-state index in [2.05, 4.69) is 5.32 Å². The van der Waals surface area contributed by atoms with Crippen LogP contribution < -0.4 is 10.1 Å². The molecule has 2 aromatic rings. The molecule has 2 fully saturated rings. The molecule has 1 spiro atoms. The van der Waals surface area contributed by atoms with Crippen LogP contribution in [0, 0.1) is 5.41 Å². The van der Waals surface area contributed by atoms with Crippen molar-refractivity contribution >= 4 is 17.7 Å². The predicted molar refractivity (Wildman–Crippen MR) is 140 cm³/mol. The summed E-state index contributed by atoms with van der Waals surface area (Å²) < 4.78 is 11.5. The molecule has 3 amide bonds.